The third-order valence-electron chi connectivity index (χ3n) is 3.25. The molecule has 0 radical (unpaired) electrons. The predicted molar refractivity (Wildman–Crippen MR) is 57.2 cm³/mol. The maximum absolute atomic E-state index is 5.93. The van der Waals surface area contributed by atoms with Gasteiger partial charge in [-0.15, -0.1) is 0 Å². The van der Waals surface area contributed by atoms with Gasteiger partial charge in [0.25, 0.3) is 0 Å². The summed E-state index contributed by atoms with van der Waals surface area (Å²) in [6, 6.07) is 0.349. The van der Waals surface area contributed by atoms with Crippen molar-refractivity contribution in [2.75, 3.05) is 26.9 Å². The molecule has 1 atom stereocenters. The zero-order chi connectivity index (χ0) is 10.4. The van der Waals surface area contributed by atoms with Crippen LogP contribution < -0.4 is 5.73 Å². The van der Waals surface area contributed by atoms with E-state index in [2.05, 4.69) is 6.92 Å². The summed E-state index contributed by atoms with van der Waals surface area (Å²) < 4.78 is 10.3. The van der Waals surface area contributed by atoms with Crippen LogP contribution in [0.1, 0.15) is 32.6 Å². The second-order valence-electron chi connectivity index (χ2n) is 4.36. The second kappa shape index (κ2) is 5.69. The summed E-state index contributed by atoms with van der Waals surface area (Å²) >= 11 is 0. The quantitative estimate of drug-likeness (QED) is 0.606. The highest BCUT2D eigenvalue weighted by Crippen LogP contribution is 2.51. The normalized spacial score (nSPS) is 20.8. The zero-order valence-electron chi connectivity index (χ0n) is 9.42. The Hall–Kier alpha value is -0.120. The van der Waals surface area contributed by atoms with E-state index in [4.69, 9.17) is 15.2 Å². The molecule has 0 heterocycles. The molecule has 0 aromatic carbocycles. The summed E-state index contributed by atoms with van der Waals surface area (Å²) in [7, 11) is 1.69. The topological polar surface area (TPSA) is 44.5 Å². The summed E-state index contributed by atoms with van der Waals surface area (Å²) in [5.74, 6) is 0. The van der Waals surface area contributed by atoms with Crippen LogP contribution in [0, 0.1) is 5.41 Å². The standard InChI is InChI=1S/C11H23NO2/c1-10(12)11(5-6-11)4-3-7-14-9-8-13-2/h10H,3-9,12H2,1-2H3. The molecule has 0 bridgehead atoms. The van der Waals surface area contributed by atoms with E-state index in [1.54, 1.807) is 7.11 Å². The lowest BCUT2D eigenvalue weighted by molar-refractivity contribution is 0.0662. The average Bonchev–Trinajstić information content (AvgIpc) is 2.92. The van der Waals surface area contributed by atoms with Gasteiger partial charge in [0.2, 0.25) is 0 Å². The molecule has 14 heavy (non-hydrogen) atoms. The van der Waals surface area contributed by atoms with Crippen LogP contribution in [-0.4, -0.2) is 33.0 Å². The average molecular weight is 201 g/mol. The molecule has 3 heteroatoms. The minimum Gasteiger partial charge on any atom is -0.382 e. The molecular formula is C11H23NO2. The molecule has 1 unspecified atom stereocenters. The summed E-state index contributed by atoms with van der Waals surface area (Å²) in [4.78, 5) is 0. The molecular weight excluding hydrogens is 178 g/mol. The maximum Gasteiger partial charge on any atom is 0.0700 e. The van der Waals surface area contributed by atoms with E-state index in [0.717, 1.165) is 13.0 Å². The zero-order valence-corrected chi connectivity index (χ0v) is 9.42. The van der Waals surface area contributed by atoms with Crippen LogP contribution in [0.25, 0.3) is 0 Å². The summed E-state index contributed by atoms with van der Waals surface area (Å²) in [6.45, 7) is 4.37. The van der Waals surface area contributed by atoms with Gasteiger partial charge in [0.15, 0.2) is 0 Å². The minimum absolute atomic E-state index is 0.349. The largest absolute Gasteiger partial charge is 0.382 e. The molecule has 0 aromatic heterocycles. The number of ether oxygens (including phenoxy) is 2. The number of hydrogen-bond donors (Lipinski definition) is 1. The van der Waals surface area contributed by atoms with Gasteiger partial charge in [-0.2, -0.15) is 0 Å². The van der Waals surface area contributed by atoms with Crippen molar-refractivity contribution in [3.05, 3.63) is 0 Å². The van der Waals surface area contributed by atoms with Gasteiger partial charge in [-0.1, -0.05) is 0 Å². The monoisotopic (exact) mass is 201 g/mol. The van der Waals surface area contributed by atoms with Crippen LogP contribution in [-0.2, 0) is 9.47 Å². The van der Waals surface area contributed by atoms with Gasteiger partial charge in [-0.3, -0.25) is 0 Å². The summed E-state index contributed by atoms with van der Waals surface area (Å²) in [5, 5.41) is 0. The van der Waals surface area contributed by atoms with Crippen molar-refractivity contribution in [1.29, 1.82) is 0 Å². The highest BCUT2D eigenvalue weighted by molar-refractivity contribution is 4.98. The second-order valence-corrected chi connectivity index (χ2v) is 4.36. The van der Waals surface area contributed by atoms with Crippen molar-refractivity contribution in [2.45, 2.75) is 38.6 Å². The van der Waals surface area contributed by atoms with Crippen molar-refractivity contribution < 1.29 is 9.47 Å². The van der Waals surface area contributed by atoms with Crippen molar-refractivity contribution in [3.63, 3.8) is 0 Å². The van der Waals surface area contributed by atoms with E-state index in [1.807, 2.05) is 0 Å². The first-order valence-electron chi connectivity index (χ1n) is 5.53. The molecule has 2 N–H and O–H groups in total. The van der Waals surface area contributed by atoms with Crippen LogP contribution >= 0.6 is 0 Å². The number of rotatable bonds is 8. The first-order valence-corrected chi connectivity index (χ1v) is 5.53. The van der Waals surface area contributed by atoms with E-state index >= 15 is 0 Å². The van der Waals surface area contributed by atoms with Crippen LogP contribution in [0.5, 0.6) is 0 Å². The lowest BCUT2D eigenvalue weighted by atomic mass is 9.93. The Bertz CT molecular complexity index is 155. The van der Waals surface area contributed by atoms with Crippen LogP contribution in [0.3, 0.4) is 0 Å². The Morgan fingerprint density at radius 1 is 1.29 bits per heavy atom. The fourth-order valence-corrected chi connectivity index (χ4v) is 1.86. The van der Waals surface area contributed by atoms with Gasteiger partial charge in [-0.05, 0) is 38.0 Å². The lowest BCUT2D eigenvalue weighted by Crippen LogP contribution is -2.28. The van der Waals surface area contributed by atoms with Gasteiger partial charge in [-0.25, -0.2) is 0 Å². The first kappa shape index (κ1) is 12.0. The Kier molecular flexibility index (Phi) is 4.85. The molecule has 1 fully saturated rings. The first-order chi connectivity index (χ1) is 6.71. The third kappa shape index (κ3) is 3.56. The molecule has 0 saturated heterocycles. The highest BCUT2D eigenvalue weighted by atomic mass is 16.5. The lowest BCUT2D eigenvalue weighted by Gasteiger charge is -2.18. The smallest absolute Gasteiger partial charge is 0.0700 e. The molecule has 3 nitrogen and oxygen atoms in total. The fraction of sp³-hybridized carbons (Fsp3) is 1.00. The number of nitrogens with two attached hydrogens (primary N) is 1. The Labute approximate surface area is 86.9 Å². The van der Waals surface area contributed by atoms with E-state index in [0.29, 0.717) is 24.7 Å². The Balaban J connectivity index is 1.94. The SMILES string of the molecule is COCCOCCCC1(C(C)N)CC1. The van der Waals surface area contributed by atoms with Gasteiger partial charge in [0.1, 0.15) is 0 Å². The van der Waals surface area contributed by atoms with E-state index in [9.17, 15) is 0 Å². The molecule has 0 amide bonds. The molecule has 0 aliphatic heterocycles. The van der Waals surface area contributed by atoms with Gasteiger partial charge >= 0.3 is 0 Å². The van der Waals surface area contributed by atoms with Crippen molar-refractivity contribution in [3.8, 4) is 0 Å². The fourth-order valence-electron chi connectivity index (χ4n) is 1.86. The highest BCUT2D eigenvalue weighted by Gasteiger charge is 2.44. The molecule has 1 aliphatic rings. The third-order valence-corrected chi connectivity index (χ3v) is 3.25. The summed E-state index contributed by atoms with van der Waals surface area (Å²) in [5.41, 5.74) is 6.40. The van der Waals surface area contributed by atoms with Crippen LogP contribution in [0.2, 0.25) is 0 Å². The molecule has 1 rings (SSSR count). The van der Waals surface area contributed by atoms with Gasteiger partial charge in [0, 0.05) is 19.8 Å². The van der Waals surface area contributed by atoms with E-state index in [1.165, 1.54) is 19.3 Å². The van der Waals surface area contributed by atoms with Crippen LogP contribution in [0.4, 0.5) is 0 Å². The van der Waals surface area contributed by atoms with Gasteiger partial charge in [0.05, 0.1) is 13.2 Å². The van der Waals surface area contributed by atoms with Crippen LogP contribution in [0.15, 0.2) is 0 Å². The minimum atomic E-state index is 0.349. The molecule has 0 aromatic rings. The Morgan fingerprint density at radius 3 is 2.50 bits per heavy atom. The van der Waals surface area contributed by atoms with Crippen molar-refractivity contribution in [1.82, 2.24) is 0 Å². The van der Waals surface area contributed by atoms with Gasteiger partial charge < -0.3 is 15.2 Å². The number of methoxy groups -OCH3 is 1. The van der Waals surface area contributed by atoms with Crippen molar-refractivity contribution >= 4 is 0 Å². The summed E-state index contributed by atoms with van der Waals surface area (Å²) in [6.07, 6.45) is 4.97. The van der Waals surface area contributed by atoms with Crippen molar-refractivity contribution in [2.24, 2.45) is 11.1 Å². The Morgan fingerprint density at radius 2 is 2.00 bits per heavy atom. The number of hydrogen-bond acceptors (Lipinski definition) is 3. The van der Waals surface area contributed by atoms with E-state index < -0.39 is 0 Å². The maximum atomic E-state index is 5.93. The molecule has 1 saturated carbocycles. The predicted octanol–water partition coefficient (Wildman–Crippen LogP) is 1.56. The molecule has 0 spiro atoms. The molecule has 1 aliphatic carbocycles. The van der Waals surface area contributed by atoms with E-state index in [-0.39, 0.29) is 0 Å². The molecule has 84 valence electrons.